The molecule has 0 radical (unpaired) electrons. The van der Waals surface area contributed by atoms with Crippen LogP contribution in [0.25, 0.3) is 0 Å². The number of phenolic OH excluding ortho intramolecular Hbond substituents is 2. The lowest BCUT2D eigenvalue weighted by Crippen LogP contribution is -2.26. The molecule has 0 saturated heterocycles. The van der Waals surface area contributed by atoms with Crippen LogP contribution in [0.15, 0.2) is 30.3 Å². The number of fused-ring (bicyclic) bond motifs is 2. The van der Waals surface area contributed by atoms with E-state index < -0.39 is 5.92 Å². The second-order valence-corrected chi connectivity index (χ2v) is 5.53. The Kier molecular flexibility index (Phi) is 2.76. The van der Waals surface area contributed by atoms with E-state index in [2.05, 4.69) is 0 Å². The van der Waals surface area contributed by atoms with Gasteiger partial charge in [0.2, 0.25) is 0 Å². The van der Waals surface area contributed by atoms with Crippen LogP contribution < -0.4 is 9.47 Å². The summed E-state index contributed by atoms with van der Waals surface area (Å²) in [4.78, 5) is 12.7. The smallest absolute Gasteiger partial charge is 0.177 e. The number of rotatable bonds is 1. The molecule has 0 saturated carbocycles. The van der Waals surface area contributed by atoms with Gasteiger partial charge in [-0.2, -0.15) is 0 Å². The standard InChI is InChI=1S/C17H14O5/c18-10-1-2-11-16(6-10)22-8-13(17(11)20)12-7-15-9(3-4-21-15)5-14(12)19/h1-2,5-7,13,18-19H,3-4,8H2/t13-/m1/s1. The van der Waals surface area contributed by atoms with Gasteiger partial charge in [0.25, 0.3) is 0 Å². The topological polar surface area (TPSA) is 76.0 Å². The zero-order valence-electron chi connectivity index (χ0n) is 11.7. The van der Waals surface area contributed by atoms with Gasteiger partial charge >= 0.3 is 0 Å². The Morgan fingerprint density at radius 1 is 1.05 bits per heavy atom. The van der Waals surface area contributed by atoms with Crippen LogP contribution in [0.5, 0.6) is 23.0 Å². The normalized spacial score (nSPS) is 19.1. The molecular weight excluding hydrogens is 284 g/mol. The van der Waals surface area contributed by atoms with Crippen LogP contribution in [-0.4, -0.2) is 29.2 Å². The van der Waals surface area contributed by atoms with Crippen molar-refractivity contribution in [1.29, 1.82) is 0 Å². The van der Waals surface area contributed by atoms with Crippen LogP contribution >= 0.6 is 0 Å². The Balaban J connectivity index is 1.76. The monoisotopic (exact) mass is 298 g/mol. The first-order valence-electron chi connectivity index (χ1n) is 7.12. The van der Waals surface area contributed by atoms with E-state index in [-0.39, 0.29) is 23.9 Å². The SMILES string of the molecule is O=C1c2ccc(O)cc2OC[C@@H]1c1cc2c(cc1O)CCO2. The first-order valence-corrected chi connectivity index (χ1v) is 7.12. The molecule has 2 aliphatic rings. The van der Waals surface area contributed by atoms with Crippen molar-refractivity contribution in [3.05, 3.63) is 47.0 Å². The molecule has 5 nitrogen and oxygen atoms in total. The fourth-order valence-corrected chi connectivity index (χ4v) is 3.01. The quantitative estimate of drug-likeness (QED) is 0.845. The van der Waals surface area contributed by atoms with Crippen molar-refractivity contribution >= 4 is 5.78 Å². The Morgan fingerprint density at radius 3 is 2.77 bits per heavy atom. The van der Waals surface area contributed by atoms with E-state index in [1.165, 1.54) is 12.1 Å². The van der Waals surface area contributed by atoms with Crippen molar-refractivity contribution in [2.75, 3.05) is 13.2 Å². The number of carbonyl (C=O) groups is 1. The lowest BCUT2D eigenvalue weighted by molar-refractivity contribution is 0.0894. The highest BCUT2D eigenvalue weighted by Gasteiger charge is 2.33. The Labute approximate surface area is 126 Å². The molecule has 5 heteroatoms. The van der Waals surface area contributed by atoms with Gasteiger partial charge in [-0.1, -0.05) is 0 Å². The van der Waals surface area contributed by atoms with Crippen molar-refractivity contribution in [3.8, 4) is 23.0 Å². The van der Waals surface area contributed by atoms with Gasteiger partial charge in [-0.15, -0.1) is 0 Å². The predicted molar refractivity (Wildman–Crippen MR) is 78.0 cm³/mol. The van der Waals surface area contributed by atoms with E-state index in [1.807, 2.05) is 0 Å². The Bertz CT molecular complexity index is 781. The molecule has 0 unspecified atom stereocenters. The second kappa shape index (κ2) is 4.66. The molecule has 2 heterocycles. The summed E-state index contributed by atoms with van der Waals surface area (Å²) in [6.07, 6.45) is 0.764. The van der Waals surface area contributed by atoms with Crippen LogP contribution in [0, 0.1) is 0 Å². The Morgan fingerprint density at radius 2 is 1.91 bits per heavy atom. The highest BCUT2D eigenvalue weighted by Crippen LogP contribution is 2.40. The molecule has 4 rings (SSSR count). The summed E-state index contributed by atoms with van der Waals surface area (Å²) in [5.41, 5.74) is 1.88. The maximum absolute atomic E-state index is 12.7. The van der Waals surface area contributed by atoms with Crippen molar-refractivity contribution < 1.29 is 24.5 Å². The number of aromatic hydroxyl groups is 2. The maximum Gasteiger partial charge on any atom is 0.177 e. The fourth-order valence-electron chi connectivity index (χ4n) is 3.01. The minimum Gasteiger partial charge on any atom is -0.508 e. The van der Waals surface area contributed by atoms with Gasteiger partial charge in [-0.25, -0.2) is 0 Å². The molecule has 2 aromatic carbocycles. The Hall–Kier alpha value is -2.69. The number of hydrogen-bond donors (Lipinski definition) is 2. The van der Waals surface area contributed by atoms with E-state index in [0.717, 1.165) is 17.7 Å². The third kappa shape index (κ3) is 1.89. The van der Waals surface area contributed by atoms with Gasteiger partial charge in [-0.3, -0.25) is 4.79 Å². The minimum atomic E-state index is -0.577. The van der Waals surface area contributed by atoms with Gasteiger partial charge in [0.05, 0.1) is 18.1 Å². The van der Waals surface area contributed by atoms with Crippen LogP contribution in [0.1, 0.15) is 27.4 Å². The molecule has 22 heavy (non-hydrogen) atoms. The molecule has 0 spiro atoms. The number of ether oxygens (including phenoxy) is 2. The fraction of sp³-hybridized carbons (Fsp3) is 0.235. The number of phenols is 2. The first kappa shape index (κ1) is 13.0. The lowest BCUT2D eigenvalue weighted by atomic mass is 9.87. The van der Waals surface area contributed by atoms with Gasteiger partial charge in [0.1, 0.15) is 29.6 Å². The van der Waals surface area contributed by atoms with E-state index in [9.17, 15) is 15.0 Å². The zero-order valence-corrected chi connectivity index (χ0v) is 11.7. The summed E-state index contributed by atoms with van der Waals surface area (Å²) < 4.78 is 11.1. The largest absolute Gasteiger partial charge is 0.508 e. The van der Waals surface area contributed by atoms with Crippen LogP contribution in [-0.2, 0) is 6.42 Å². The van der Waals surface area contributed by atoms with Gasteiger partial charge in [-0.05, 0) is 24.3 Å². The molecule has 0 aliphatic carbocycles. The van der Waals surface area contributed by atoms with Crippen molar-refractivity contribution in [1.82, 2.24) is 0 Å². The highest BCUT2D eigenvalue weighted by atomic mass is 16.5. The molecule has 2 aliphatic heterocycles. The molecule has 2 N–H and O–H groups in total. The molecule has 0 amide bonds. The van der Waals surface area contributed by atoms with Gasteiger partial charge in [0, 0.05) is 23.6 Å². The third-order valence-electron chi connectivity index (χ3n) is 4.17. The summed E-state index contributed by atoms with van der Waals surface area (Å²) in [7, 11) is 0. The predicted octanol–water partition coefficient (Wildman–Crippen LogP) is 2.39. The number of Topliss-reactive ketones (excluding diaryl/α,β-unsaturated/α-hetero) is 1. The molecule has 0 aromatic heterocycles. The van der Waals surface area contributed by atoms with Crippen LogP contribution in [0.2, 0.25) is 0 Å². The molecular formula is C17H14O5. The van der Waals surface area contributed by atoms with Gasteiger partial charge in [0.15, 0.2) is 5.78 Å². The van der Waals surface area contributed by atoms with Crippen LogP contribution in [0.3, 0.4) is 0 Å². The third-order valence-corrected chi connectivity index (χ3v) is 4.17. The van der Waals surface area contributed by atoms with E-state index in [0.29, 0.717) is 23.5 Å². The number of benzene rings is 2. The molecule has 112 valence electrons. The molecule has 0 bridgehead atoms. The summed E-state index contributed by atoms with van der Waals surface area (Å²) in [5, 5.41) is 19.7. The zero-order chi connectivity index (χ0) is 15.3. The van der Waals surface area contributed by atoms with E-state index in [1.54, 1.807) is 18.2 Å². The summed E-state index contributed by atoms with van der Waals surface area (Å²) in [6, 6.07) is 7.82. The minimum absolute atomic E-state index is 0.0544. The number of hydrogen-bond acceptors (Lipinski definition) is 5. The molecule has 2 aromatic rings. The number of ketones is 1. The number of carbonyl (C=O) groups excluding carboxylic acids is 1. The second-order valence-electron chi connectivity index (χ2n) is 5.53. The lowest BCUT2D eigenvalue weighted by Gasteiger charge is -2.25. The molecule has 1 atom stereocenters. The van der Waals surface area contributed by atoms with Crippen molar-refractivity contribution in [3.63, 3.8) is 0 Å². The van der Waals surface area contributed by atoms with E-state index >= 15 is 0 Å². The van der Waals surface area contributed by atoms with Crippen molar-refractivity contribution in [2.45, 2.75) is 12.3 Å². The maximum atomic E-state index is 12.7. The van der Waals surface area contributed by atoms with Crippen LogP contribution in [0.4, 0.5) is 0 Å². The first-order chi connectivity index (χ1) is 10.6. The summed E-state index contributed by atoms with van der Waals surface area (Å²) in [6.45, 7) is 0.719. The van der Waals surface area contributed by atoms with Gasteiger partial charge < -0.3 is 19.7 Å². The van der Waals surface area contributed by atoms with Crippen molar-refractivity contribution in [2.24, 2.45) is 0 Å². The molecule has 0 fully saturated rings. The van der Waals surface area contributed by atoms with E-state index in [4.69, 9.17) is 9.47 Å². The average Bonchev–Trinajstić information content (AvgIpc) is 2.94. The summed E-state index contributed by atoms with van der Waals surface area (Å²) in [5.74, 6) is 0.531. The summed E-state index contributed by atoms with van der Waals surface area (Å²) >= 11 is 0. The highest BCUT2D eigenvalue weighted by molar-refractivity contribution is 6.04. The average molecular weight is 298 g/mol.